The lowest BCUT2D eigenvalue weighted by Crippen LogP contribution is -2.03. The van der Waals surface area contributed by atoms with E-state index in [9.17, 15) is 4.39 Å². The van der Waals surface area contributed by atoms with E-state index in [2.05, 4.69) is 10.3 Å². The third-order valence-corrected chi connectivity index (χ3v) is 2.21. The van der Waals surface area contributed by atoms with E-state index in [1.54, 1.807) is 18.3 Å². The molecule has 2 rings (SSSR count). The zero-order valence-corrected chi connectivity index (χ0v) is 8.65. The van der Waals surface area contributed by atoms with Crippen LogP contribution < -0.4 is 11.1 Å². The lowest BCUT2D eigenvalue weighted by molar-refractivity contribution is 0.626. The van der Waals surface area contributed by atoms with Gasteiger partial charge in [0.2, 0.25) is 0 Å². The predicted molar refractivity (Wildman–Crippen MR) is 62.4 cm³/mol. The maximum Gasteiger partial charge on any atom is 0.146 e. The molecule has 0 amide bonds. The monoisotopic (exact) mass is 217 g/mol. The molecule has 3 N–H and O–H groups in total. The minimum Gasteiger partial charge on any atom is -0.382 e. The molecule has 1 heterocycles. The van der Waals surface area contributed by atoms with Crippen molar-refractivity contribution in [1.29, 1.82) is 0 Å². The first-order valence-corrected chi connectivity index (χ1v) is 4.94. The number of anilines is 2. The van der Waals surface area contributed by atoms with E-state index >= 15 is 0 Å². The SMILES string of the molecule is Nc1ncccc1NCc1cccc(F)c1. The van der Waals surface area contributed by atoms with Crippen molar-refractivity contribution >= 4 is 11.5 Å². The van der Waals surface area contributed by atoms with Crippen LogP contribution in [-0.2, 0) is 6.54 Å². The molecule has 0 aliphatic carbocycles. The van der Waals surface area contributed by atoms with Crippen LogP contribution in [0.15, 0.2) is 42.6 Å². The number of nitrogens with zero attached hydrogens (tertiary/aromatic N) is 1. The van der Waals surface area contributed by atoms with Crippen molar-refractivity contribution in [3.63, 3.8) is 0 Å². The maximum absolute atomic E-state index is 12.9. The van der Waals surface area contributed by atoms with Crippen molar-refractivity contribution in [2.75, 3.05) is 11.1 Å². The summed E-state index contributed by atoms with van der Waals surface area (Å²) in [7, 11) is 0. The molecule has 0 radical (unpaired) electrons. The number of nitrogens with two attached hydrogens (primary N) is 1. The second kappa shape index (κ2) is 4.61. The number of hydrogen-bond acceptors (Lipinski definition) is 3. The van der Waals surface area contributed by atoms with E-state index in [-0.39, 0.29) is 5.82 Å². The highest BCUT2D eigenvalue weighted by molar-refractivity contribution is 5.60. The highest BCUT2D eigenvalue weighted by Crippen LogP contribution is 2.15. The number of pyridine rings is 1. The highest BCUT2D eigenvalue weighted by Gasteiger charge is 1.99. The smallest absolute Gasteiger partial charge is 0.146 e. The van der Waals surface area contributed by atoms with Crippen LogP contribution in [0, 0.1) is 5.82 Å². The van der Waals surface area contributed by atoms with Gasteiger partial charge in [-0.05, 0) is 29.8 Å². The molecule has 3 nitrogen and oxygen atoms in total. The van der Waals surface area contributed by atoms with Gasteiger partial charge in [0.1, 0.15) is 11.6 Å². The van der Waals surface area contributed by atoms with Crippen LogP contribution >= 0.6 is 0 Å². The van der Waals surface area contributed by atoms with Gasteiger partial charge in [0.25, 0.3) is 0 Å². The van der Waals surface area contributed by atoms with Crippen molar-refractivity contribution in [2.24, 2.45) is 0 Å². The summed E-state index contributed by atoms with van der Waals surface area (Å²) in [6.07, 6.45) is 1.63. The Kier molecular flexibility index (Phi) is 3.00. The molecule has 0 saturated heterocycles. The number of hydrogen-bond donors (Lipinski definition) is 2. The summed E-state index contributed by atoms with van der Waals surface area (Å²) in [5, 5.41) is 3.10. The van der Waals surface area contributed by atoms with E-state index in [4.69, 9.17) is 5.73 Å². The summed E-state index contributed by atoms with van der Waals surface area (Å²) in [4.78, 5) is 3.95. The molecule has 0 atom stereocenters. The Morgan fingerprint density at radius 2 is 2.12 bits per heavy atom. The summed E-state index contributed by atoms with van der Waals surface area (Å²) < 4.78 is 12.9. The number of rotatable bonds is 3. The summed E-state index contributed by atoms with van der Waals surface area (Å²) in [5.41, 5.74) is 7.29. The second-order valence-electron chi connectivity index (χ2n) is 3.42. The number of aromatic nitrogens is 1. The van der Waals surface area contributed by atoms with Gasteiger partial charge in [-0.2, -0.15) is 0 Å². The lowest BCUT2D eigenvalue weighted by Gasteiger charge is -2.08. The molecule has 1 aromatic heterocycles. The maximum atomic E-state index is 12.9. The molecule has 0 saturated carbocycles. The Hall–Kier alpha value is -2.10. The fraction of sp³-hybridized carbons (Fsp3) is 0.0833. The molecule has 1 aromatic carbocycles. The van der Waals surface area contributed by atoms with Crippen molar-refractivity contribution < 1.29 is 4.39 Å². The Morgan fingerprint density at radius 3 is 2.88 bits per heavy atom. The van der Waals surface area contributed by atoms with Crippen molar-refractivity contribution in [2.45, 2.75) is 6.54 Å². The van der Waals surface area contributed by atoms with E-state index in [1.807, 2.05) is 12.1 Å². The lowest BCUT2D eigenvalue weighted by atomic mass is 10.2. The van der Waals surface area contributed by atoms with Gasteiger partial charge in [-0.1, -0.05) is 12.1 Å². The molecule has 4 heteroatoms. The second-order valence-corrected chi connectivity index (χ2v) is 3.42. The molecule has 0 bridgehead atoms. The molecule has 82 valence electrons. The van der Waals surface area contributed by atoms with Gasteiger partial charge in [0, 0.05) is 12.7 Å². The van der Waals surface area contributed by atoms with Crippen LogP contribution in [0.1, 0.15) is 5.56 Å². The van der Waals surface area contributed by atoms with E-state index in [0.717, 1.165) is 11.3 Å². The fourth-order valence-electron chi connectivity index (χ4n) is 1.41. The molecule has 0 fully saturated rings. The zero-order chi connectivity index (χ0) is 11.4. The van der Waals surface area contributed by atoms with Crippen molar-refractivity contribution in [1.82, 2.24) is 4.98 Å². The highest BCUT2D eigenvalue weighted by atomic mass is 19.1. The van der Waals surface area contributed by atoms with Gasteiger partial charge in [-0.15, -0.1) is 0 Å². The number of benzene rings is 1. The number of nitrogens with one attached hydrogen (secondary N) is 1. The van der Waals surface area contributed by atoms with Gasteiger partial charge in [-0.25, -0.2) is 9.37 Å². The Bertz CT molecular complexity index is 485. The Labute approximate surface area is 93.1 Å². The Balaban J connectivity index is 2.05. The van der Waals surface area contributed by atoms with E-state index in [0.29, 0.717) is 12.4 Å². The Morgan fingerprint density at radius 1 is 1.25 bits per heavy atom. The summed E-state index contributed by atoms with van der Waals surface area (Å²) in [5.74, 6) is 0.206. The first kappa shape index (κ1) is 10.4. The van der Waals surface area contributed by atoms with Crippen LogP contribution in [0.5, 0.6) is 0 Å². The van der Waals surface area contributed by atoms with Crippen LogP contribution in [0.3, 0.4) is 0 Å². The van der Waals surface area contributed by atoms with E-state index < -0.39 is 0 Å². The summed E-state index contributed by atoms with van der Waals surface area (Å²) >= 11 is 0. The van der Waals surface area contributed by atoms with Crippen LogP contribution in [-0.4, -0.2) is 4.98 Å². The van der Waals surface area contributed by atoms with Crippen molar-refractivity contribution in [3.8, 4) is 0 Å². The van der Waals surface area contributed by atoms with Crippen LogP contribution in [0.25, 0.3) is 0 Å². The normalized spacial score (nSPS) is 10.1. The standard InChI is InChI=1S/C12H12FN3/c13-10-4-1-3-9(7-10)8-16-11-5-2-6-15-12(11)14/h1-7,16H,8H2,(H2,14,15). The molecular formula is C12H12FN3. The third-order valence-electron chi connectivity index (χ3n) is 2.21. The molecular weight excluding hydrogens is 205 g/mol. The van der Waals surface area contributed by atoms with Gasteiger partial charge in [0.05, 0.1) is 5.69 Å². The van der Waals surface area contributed by atoms with Gasteiger partial charge >= 0.3 is 0 Å². The largest absolute Gasteiger partial charge is 0.382 e. The summed E-state index contributed by atoms with van der Waals surface area (Å²) in [6.45, 7) is 0.521. The molecule has 0 aliphatic rings. The fourth-order valence-corrected chi connectivity index (χ4v) is 1.41. The molecule has 0 aliphatic heterocycles. The average molecular weight is 217 g/mol. The minimum atomic E-state index is -0.238. The third kappa shape index (κ3) is 2.48. The molecule has 16 heavy (non-hydrogen) atoms. The minimum absolute atomic E-state index is 0.238. The summed E-state index contributed by atoms with van der Waals surface area (Å²) in [6, 6.07) is 10.1. The molecule has 0 unspecified atom stereocenters. The number of halogens is 1. The quantitative estimate of drug-likeness (QED) is 0.830. The molecule has 0 spiro atoms. The first-order valence-electron chi connectivity index (χ1n) is 4.94. The van der Waals surface area contributed by atoms with Gasteiger partial charge in [-0.3, -0.25) is 0 Å². The average Bonchev–Trinajstić information content (AvgIpc) is 2.28. The van der Waals surface area contributed by atoms with Crippen molar-refractivity contribution in [3.05, 3.63) is 54.0 Å². The first-order chi connectivity index (χ1) is 7.75. The number of nitrogen functional groups attached to an aromatic ring is 1. The topological polar surface area (TPSA) is 50.9 Å². The predicted octanol–water partition coefficient (Wildman–Crippen LogP) is 2.42. The molecule has 2 aromatic rings. The van der Waals surface area contributed by atoms with Gasteiger partial charge < -0.3 is 11.1 Å². The van der Waals surface area contributed by atoms with Gasteiger partial charge in [0.15, 0.2) is 0 Å². The van der Waals surface area contributed by atoms with Crippen LogP contribution in [0.2, 0.25) is 0 Å². The van der Waals surface area contributed by atoms with Crippen LogP contribution in [0.4, 0.5) is 15.9 Å². The van der Waals surface area contributed by atoms with E-state index in [1.165, 1.54) is 12.1 Å². The zero-order valence-electron chi connectivity index (χ0n) is 8.65.